The third kappa shape index (κ3) is 3.56. The van der Waals surface area contributed by atoms with E-state index >= 15 is 0 Å². The summed E-state index contributed by atoms with van der Waals surface area (Å²) in [6.07, 6.45) is 0.698. The van der Waals surface area contributed by atoms with E-state index < -0.39 is 24.3 Å². The second-order valence-electron chi connectivity index (χ2n) is 3.60. The first-order valence-electron chi connectivity index (χ1n) is 5.21. The molecule has 0 aliphatic rings. The summed E-state index contributed by atoms with van der Waals surface area (Å²) in [7, 11) is 0. The molecule has 0 fully saturated rings. The Hall–Kier alpha value is -1.38. The summed E-state index contributed by atoms with van der Waals surface area (Å²) in [5.74, 6) is -0.451. The van der Waals surface area contributed by atoms with Crippen LogP contribution in [0.15, 0.2) is 9.82 Å². The summed E-state index contributed by atoms with van der Waals surface area (Å²) in [6.45, 7) is 1.10. The molecule has 0 saturated carbocycles. The van der Waals surface area contributed by atoms with Gasteiger partial charge in [0, 0.05) is 12.2 Å². The Morgan fingerprint density at radius 3 is 2.83 bits per heavy atom. The molecule has 8 heteroatoms. The van der Waals surface area contributed by atoms with E-state index in [4.69, 9.17) is 10.2 Å². The Morgan fingerprint density at radius 1 is 1.61 bits per heavy atom. The number of nitrogens with one attached hydrogen (secondary N) is 2. The molecular formula is C10H15N3O4S. The highest BCUT2D eigenvalue weighted by atomic mass is 32.2. The summed E-state index contributed by atoms with van der Waals surface area (Å²) in [5, 5.41) is 20.6. The van der Waals surface area contributed by atoms with Crippen LogP contribution in [0.2, 0.25) is 0 Å². The molecule has 100 valence electrons. The molecule has 1 heterocycles. The molecule has 0 radical (unpaired) electrons. The monoisotopic (exact) mass is 273 g/mol. The van der Waals surface area contributed by atoms with Crippen molar-refractivity contribution in [3.63, 3.8) is 0 Å². The highest BCUT2D eigenvalue weighted by Crippen LogP contribution is 2.17. The van der Waals surface area contributed by atoms with Crippen molar-refractivity contribution in [3.8, 4) is 0 Å². The first kappa shape index (κ1) is 14.7. The minimum absolute atomic E-state index is 0.0677. The Labute approximate surface area is 108 Å². The molecule has 1 aromatic rings. The van der Waals surface area contributed by atoms with Gasteiger partial charge in [-0.05, 0) is 13.2 Å². The van der Waals surface area contributed by atoms with Gasteiger partial charge in [-0.1, -0.05) is 0 Å². The SMILES string of the molecule is CSc1nc(=O)[nH]c(C)c1C(=O)NCC(O)CO. The van der Waals surface area contributed by atoms with Gasteiger partial charge in [0.05, 0.1) is 18.3 Å². The number of amides is 1. The summed E-state index contributed by atoms with van der Waals surface area (Å²) in [5.41, 5.74) is 0.173. The lowest BCUT2D eigenvalue weighted by atomic mass is 10.2. The second kappa shape index (κ2) is 6.53. The number of aryl methyl sites for hydroxylation is 1. The smallest absolute Gasteiger partial charge is 0.346 e. The number of hydrogen-bond donors (Lipinski definition) is 4. The highest BCUT2D eigenvalue weighted by molar-refractivity contribution is 7.98. The largest absolute Gasteiger partial charge is 0.394 e. The normalized spacial score (nSPS) is 12.2. The van der Waals surface area contributed by atoms with Crippen LogP contribution >= 0.6 is 11.8 Å². The Morgan fingerprint density at radius 2 is 2.28 bits per heavy atom. The molecule has 0 aromatic carbocycles. The zero-order valence-electron chi connectivity index (χ0n) is 10.1. The third-order valence-corrected chi connectivity index (χ3v) is 2.90. The minimum Gasteiger partial charge on any atom is -0.394 e. The van der Waals surface area contributed by atoms with E-state index in [-0.39, 0.29) is 12.1 Å². The van der Waals surface area contributed by atoms with Crippen molar-refractivity contribution in [1.82, 2.24) is 15.3 Å². The van der Waals surface area contributed by atoms with Crippen molar-refractivity contribution in [1.29, 1.82) is 0 Å². The fourth-order valence-corrected chi connectivity index (χ4v) is 1.96. The van der Waals surface area contributed by atoms with E-state index in [1.54, 1.807) is 13.2 Å². The third-order valence-electron chi connectivity index (χ3n) is 2.22. The minimum atomic E-state index is -1.01. The van der Waals surface area contributed by atoms with Crippen LogP contribution in [0.3, 0.4) is 0 Å². The molecule has 1 aromatic heterocycles. The van der Waals surface area contributed by atoms with Crippen molar-refractivity contribution in [2.75, 3.05) is 19.4 Å². The summed E-state index contributed by atoms with van der Waals surface area (Å²) in [6, 6.07) is 0. The molecule has 0 spiro atoms. The van der Waals surface area contributed by atoms with Crippen LogP contribution in [-0.4, -0.2) is 51.6 Å². The average molecular weight is 273 g/mol. The predicted octanol–water partition coefficient (Wildman–Crippen LogP) is -1.12. The number of nitrogens with zero attached hydrogens (tertiary/aromatic N) is 1. The average Bonchev–Trinajstić information content (AvgIpc) is 2.34. The van der Waals surface area contributed by atoms with Crippen LogP contribution in [0.1, 0.15) is 16.1 Å². The van der Waals surface area contributed by atoms with Crippen LogP contribution < -0.4 is 11.0 Å². The number of H-pyrrole nitrogens is 1. The van der Waals surface area contributed by atoms with Crippen molar-refractivity contribution in [3.05, 3.63) is 21.7 Å². The summed E-state index contributed by atoms with van der Waals surface area (Å²) < 4.78 is 0. The zero-order chi connectivity index (χ0) is 13.7. The maximum atomic E-state index is 11.9. The van der Waals surface area contributed by atoms with Gasteiger partial charge in [-0.15, -0.1) is 11.8 Å². The molecule has 1 amide bonds. The maximum absolute atomic E-state index is 11.9. The lowest BCUT2D eigenvalue weighted by Crippen LogP contribution is -2.35. The Balaban J connectivity index is 2.95. The van der Waals surface area contributed by atoms with Gasteiger partial charge in [0.2, 0.25) is 0 Å². The van der Waals surface area contributed by atoms with Gasteiger partial charge < -0.3 is 20.5 Å². The number of aromatic nitrogens is 2. The number of carbonyl (C=O) groups is 1. The highest BCUT2D eigenvalue weighted by Gasteiger charge is 2.17. The fraction of sp³-hybridized carbons (Fsp3) is 0.500. The lowest BCUT2D eigenvalue weighted by Gasteiger charge is -2.12. The number of aliphatic hydroxyl groups is 2. The van der Waals surface area contributed by atoms with Crippen LogP contribution in [0, 0.1) is 6.92 Å². The van der Waals surface area contributed by atoms with Crippen molar-refractivity contribution in [2.24, 2.45) is 0 Å². The molecular weight excluding hydrogens is 258 g/mol. The summed E-state index contributed by atoms with van der Waals surface area (Å²) in [4.78, 5) is 29.2. The van der Waals surface area contributed by atoms with Gasteiger partial charge in [-0.3, -0.25) is 4.79 Å². The molecule has 1 rings (SSSR count). The first-order chi connectivity index (χ1) is 8.49. The lowest BCUT2D eigenvalue weighted by molar-refractivity contribution is 0.0798. The molecule has 0 aliphatic carbocycles. The van der Waals surface area contributed by atoms with Crippen molar-refractivity contribution in [2.45, 2.75) is 18.1 Å². The van der Waals surface area contributed by atoms with Gasteiger partial charge in [0.1, 0.15) is 5.03 Å². The molecule has 1 unspecified atom stereocenters. The van der Waals surface area contributed by atoms with Crippen LogP contribution in [-0.2, 0) is 0 Å². The maximum Gasteiger partial charge on any atom is 0.346 e. The topological polar surface area (TPSA) is 115 Å². The van der Waals surface area contributed by atoms with Gasteiger partial charge in [-0.25, -0.2) is 4.79 Å². The molecule has 18 heavy (non-hydrogen) atoms. The second-order valence-corrected chi connectivity index (χ2v) is 4.39. The van der Waals surface area contributed by atoms with E-state index in [0.29, 0.717) is 10.7 Å². The van der Waals surface area contributed by atoms with E-state index in [0.717, 1.165) is 0 Å². The molecule has 4 N–H and O–H groups in total. The number of rotatable bonds is 5. The first-order valence-corrected chi connectivity index (χ1v) is 6.44. The molecule has 1 atom stereocenters. The van der Waals surface area contributed by atoms with E-state index in [9.17, 15) is 9.59 Å². The fourth-order valence-electron chi connectivity index (χ4n) is 1.34. The number of aromatic amines is 1. The number of hydrogen-bond acceptors (Lipinski definition) is 6. The number of carbonyl (C=O) groups excluding carboxylic acids is 1. The summed E-state index contributed by atoms with van der Waals surface area (Å²) >= 11 is 1.19. The van der Waals surface area contributed by atoms with E-state index in [1.807, 2.05) is 0 Å². The zero-order valence-corrected chi connectivity index (χ0v) is 10.9. The van der Waals surface area contributed by atoms with Crippen LogP contribution in [0.5, 0.6) is 0 Å². The molecule has 0 aliphatic heterocycles. The van der Waals surface area contributed by atoms with E-state index in [2.05, 4.69) is 15.3 Å². The van der Waals surface area contributed by atoms with Gasteiger partial charge in [0.15, 0.2) is 0 Å². The standard InChI is InChI=1S/C10H15N3O4S/c1-5-7(8(16)11-3-6(15)4-14)9(18-2)13-10(17)12-5/h6,14-15H,3-4H2,1-2H3,(H,11,16)(H,12,13,17). The molecule has 7 nitrogen and oxygen atoms in total. The van der Waals surface area contributed by atoms with Crippen molar-refractivity contribution < 1.29 is 15.0 Å². The Kier molecular flexibility index (Phi) is 5.32. The molecule has 0 saturated heterocycles. The van der Waals surface area contributed by atoms with Crippen LogP contribution in [0.25, 0.3) is 0 Å². The predicted molar refractivity (Wildman–Crippen MR) is 66.8 cm³/mol. The van der Waals surface area contributed by atoms with Gasteiger partial charge in [-0.2, -0.15) is 4.98 Å². The quantitative estimate of drug-likeness (QED) is 0.399. The van der Waals surface area contributed by atoms with Crippen LogP contribution in [0.4, 0.5) is 0 Å². The van der Waals surface area contributed by atoms with E-state index in [1.165, 1.54) is 11.8 Å². The number of thioether (sulfide) groups is 1. The Bertz CT molecular complexity index is 489. The van der Waals surface area contributed by atoms with Crippen molar-refractivity contribution >= 4 is 17.7 Å². The molecule has 0 bridgehead atoms. The number of aliphatic hydroxyl groups excluding tert-OH is 2. The van der Waals surface area contributed by atoms with Gasteiger partial charge >= 0.3 is 5.69 Å². The van der Waals surface area contributed by atoms with Gasteiger partial charge in [0.25, 0.3) is 5.91 Å².